The minimum absolute atomic E-state index is 0.437. The van der Waals surface area contributed by atoms with Gasteiger partial charge in [-0.2, -0.15) is 5.10 Å². The molecule has 0 saturated carbocycles. The zero-order chi connectivity index (χ0) is 14.4. The lowest BCUT2D eigenvalue weighted by molar-refractivity contribution is 0.0691. The van der Waals surface area contributed by atoms with E-state index in [4.69, 9.17) is 5.11 Å². The third-order valence-corrected chi connectivity index (χ3v) is 3.68. The van der Waals surface area contributed by atoms with Crippen LogP contribution >= 0.6 is 0 Å². The van der Waals surface area contributed by atoms with E-state index in [-0.39, 0.29) is 0 Å². The van der Waals surface area contributed by atoms with E-state index in [9.17, 15) is 14.7 Å². The first-order valence-corrected chi connectivity index (χ1v) is 6.23. The molecule has 1 aliphatic carbocycles. The number of aromatic nitrogens is 3. The molecule has 0 saturated heterocycles. The van der Waals surface area contributed by atoms with E-state index in [2.05, 4.69) is 10.1 Å². The van der Waals surface area contributed by atoms with Crippen molar-refractivity contribution in [1.82, 2.24) is 14.8 Å². The van der Waals surface area contributed by atoms with Crippen molar-refractivity contribution < 1.29 is 15.0 Å². The van der Waals surface area contributed by atoms with Crippen molar-refractivity contribution in [3.05, 3.63) is 33.4 Å². The molecular formula is C13H13N3O4. The first kappa shape index (κ1) is 12.5. The highest BCUT2D eigenvalue weighted by Crippen LogP contribution is 2.35. The van der Waals surface area contributed by atoms with Gasteiger partial charge in [0.15, 0.2) is 5.56 Å². The van der Waals surface area contributed by atoms with Crippen LogP contribution in [0.25, 0.3) is 11.3 Å². The lowest BCUT2D eigenvalue weighted by Crippen LogP contribution is -2.19. The second kappa shape index (κ2) is 4.22. The predicted octanol–water partition coefficient (Wildman–Crippen LogP) is 0.668. The number of aromatic amines is 1. The van der Waals surface area contributed by atoms with Crippen LogP contribution in [-0.4, -0.2) is 30.9 Å². The zero-order valence-corrected chi connectivity index (χ0v) is 10.8. The quantitative estimate of drug-likeness (QED) is 0.708. The SMILES string of the molecule is Cn1ncc2c1CCCc1c-2[nH]c(=O)c(C(=O)O)c1O. The second-order valence-corrected chi connectivity index (χ2v) is 4.82. The number of aryl methyl sites for hydroxylation is 1. The van der Waals surface area contributed by atoms with Gasteiger partial charge >= 0.3 is 5.97 Å². The molecule has 0 aromatic carbocycles. The van der Waals surface area contributed by atoms with Crippen LogP contribution in [0.2, 0.25) is 0 Å². The molecule has 0 fully saturated rings. The van der Waals surface area contributed by atoms with Gasteiger partial charge in [-0.1, -0.05) is 0 Å². The Morgan fingerprint density at radius 3 is 2.90 bits per heavy atom. The Labute approximate surface area is 113 Å². The molecule has 2 aromatic heterocycles. The van der Waals surface area contributed by atoms with Crippen LogP contribution in [0.5, 0.6) is 5.75 Å². The van der Waals surface area contributed by atoms with E-state index < -0.39 is 22.8 Å². The Morgan fingerprint density at radius 1 is 1.45 bits per heavy atom. The molecule has 20 heavy (non-hydrogen) atoms. The minimum Gasteiger partial charge on any atom is -0.506 e. The molecule has 0 radical (unpaired) electrons. The van der Waals surface area contributed by atoms with Crippen molar-refractivity contribution >= 4 is 5.97 Å². The average molecular weight is 275 g/mol. The van der Waals surface area contributed by atoms with E-state index in [1.807, 2.05) is 7.05 Å². The summed E-state index contributed by atoms with van der Waals surface area (Å²) in [5, 5.41) is 23.3. The fourth-order valence-electron chi connectivity index (χ4n) is 2.70. The number of pyridine rings is 1. The molecule has 0 spiro atoms. The molecule has 2 aromatic rings. The number of hydrogen-bond donors (Lipinski definition) is 3. The largest absolute Gasteiger partial charge is 0.506 e. The van der Waals surface area contributed by atoms with E-state index in [0.29, 0.717) is 17.7 Å². The fraction of sp³-hybridized carbons (Fsp3) is 0.308. The fourth-order valence-corrected chi connectivity index (χ4v) is 2.70. The van der Waals surface area contributed by atoms with Crippen LogP contribution in [0, 0.1) is 0 Å². The van der Waals surface area contributed by atoms with Gasteiger partial charge in [0.25, 0.3) is 5.56 Å². The Bertz CT molecular complexity index is 773. The van der Waals surface area contributed by atoms with Crippen molar-refractivity contribution in [2.75, 3.05) is 0 Å². The summed E-state index contributed by atoms with van der Waals surface area (Å²) >= 11 is 0. The lowest BCUT2D eigenvalue weighted by Gasteiger charge is -2.10. The normalized spacial score (nSPS) is 13.4. The van der Waals surface area contributed by atoms with Gasteiger partial charge in [-0.15, -0.1) is 0 Å². The molecule has 0 bridgehead atoms. The number of aromatic hydroxyl groups is 1. The van der Waals surface area contributed by atoms with Crippen LogP contribution in [0.1, 0.15) is 28.0 Å². The number of aromatic carboxylic acids is 1. The highest BCUT2D eigenvalue weighted by molar-refractivity contribution is 5.92. The average Bonchev–Trinajstić information content (AvgIpc) is 2.63. The summed E-state index contributed by atoms with van der Waals surface area (Å²) in [6, 6.07) is 0. The Hall–Kier alpha value is -2.57. The summed E-state index contributed by atoms with van der Waals surface area (Å²) in [7, 11) is 1.81. The third kappa shape index (κ3) is 1.63. The number of H-pyrrole nitrogens is 1. The van der Waals surface area contributed by atoms with Crippen LogP contribution < -0.4 is 5.56 Å². The number of fused-ring (bicyclic) bond motifs is 3. The molecule has 2 heterocycles. The van der Waals surface area contributed by atoms with E-state index >= 15 is 0 Å². The highest BCUT2D eigenvalue weighted by Gasteiger charge is 2.26. The predicted molar refractivity (Wildman–Crippen MR) is 69.9 cm³/mol. The van der Waals surface area contributed by atoms with Crippen LogP contribution in [-0.2, 0) is 19.9 Å². The maximum atomic E-state index is 11.9. The molecule has 3 N–H and O–H groups in total. The van der Waals surface area contributed by atoms with E-state index in [0.717, 1.165) is 24.1 Å². The van der Waals surface area contributed by atoms with Gasteiger partial charge in [0.05, 0.1) is 11.9 Å². The maximum absolute atomic E-state index is 11.9. The molecule has 0 amide bonds. The summed E-state index contributed by atoms with van der Waals surface area (Å²) in [6.45, 7) is 0. The van der Waals surface area contributed by atoms with Crippen molar-refractivity contribution in [2.45, 2.75) is 19.3 Å². The summed E-state index contributed by atoms with van der Waals surface area (Å²) in [5.74, 6) is -1.87. The molecule has 104 valence electrons. The van der Waals surface area contributed by atoms with Crippen LogP contribution in [0.15, 0.2) is 11.0 Å². The molecule has 7 nitrogen and oxygen atoms in total. The Balaban J connectivity index is 2.36. The molecule has 0 atom stereocenters. The van der Waals surface area contributed by atoms with Gasteiger partial charge < -0.3 is 15.2 Å². The number of nitrogens with zero attached hydrogens (tertiary/aromatic N) is 2. The van der Waals surface area contributed by atoms with Crippen LogP contribution in [0.3, 0.4) is 0 Å². The molecule has 3 rings (SSSR count). The van der Waals surface area contributed by atoms with E-state index in [1.165, 1.54) is 0 Å². The van der Waals surface area contributed by atoms with Crippen molar-refractivity contribution in [1.29, 1.82) is 0 Å². The molecule has 0 aliphatic heterocycles. The van der Waals surface area contributed by atoms with E-state index in [1.54, 1.807) is 10.9 Å². The number of hydrogen-bond acceptors (Lipinski definition) is 4. The summed E-state index contributed by atoms with van der Waals surface area (Å²) in [4.78, 5) is 25.5. The van der Waals surface area contributed by atoms with Crippen molar-refractivity contribution in [3.63, 3.8) is 0 Å². The lowest BCUT2D eigenvalue weighted by atomic mass is 10.0. The first-order chi connectivity index (χ1) is 9.50. The van der Waals surface area contributed by atoms with Gasteiger partial charge in [0.1, 0.15) is 5.75 Å². The number of carbonyl (C=O) groups is 1. The standard InChI is InChI=1S/C13H13N3O4/c1-16-8-4-2-3-6-10(7(8)5-14-16)15-12(18)9(11(6)17)13(19)20/h5H,2-4H2,1H3,(H,19,20)(H2,15,17,18). The van der Waals surface area contributed by atoms with Gasteiger partial charge in [-0.3, -0.25) is 9.48 Å². The van der Waals surface area contributed by atoms with Gasteiger partial charge in [-0.25, -0.2) is 4.79 Å². The third-order valence-electron chi connectivity index (χ3n) is 3.68. The zero-order valence-electron chi connectivity index (χ0n) is 10.8. The first-order valence-electron chi connectivity index (χ1n) is 6.23. The summed E-state index contributed by atoms with van der Waals surface area (Å²) in [5.41, 5.74) is 1.24. The molecule has 0 unspecified atom stereocenters. The summed E-state index contributed by atoms with van der Waals surface area (Å²) < 4.78 is 1.73. The number of carboxylic acids is 1. The van der Waals surface area contributed by atoms with Crippen LogP contribution in [0.4, 0.5) is 0 Å². The minimum atomic E-state index is -1.43. The molecule has 7 heteroatoms. The monoisotopic (exact) mass is 275 g/mol. The van der Waals surface area contributed by atoms with Gasteiger partial charge in [0, 0.05) is 23.9 Å². The smallest absolute Gasteiger partial charge is 0.345 e. The number of rotatable bonds is 1. The number of nitrogens with one attached hydrogen (secondary N) is 1. The highest BCUT2D eigenvalue weighted by atomic mass is 16.4. The Morgan fingerprint density at radius 2 is 2.20 bits per heavy atom. The number of carboxylic acid groups (broad SMARTS) is 1. The second-order valence-electron chi connectivity index (χ2n) is 4.82. The topological polar surface area (TPSA) is 108 Å². The van der Waals surface area contributed by atoms with Crippen molar-refractivity contribution in [3.8, 4) is 17.0 Å². The molecule has 1 aliphatic rings. The van der Waals surface area contributed by atoms with Gasteiger partial charge in [-0.05, 0) is 19.3 Å². The maximum Gasteiger partial charge on any atom is 0.345 e. The Kier molecular flexibility index (Phi) is 2.63. The summed E-state index contributed by atoms with van der Waals surface area (Å²) in [6.07, 6.45) is 3.63. The van der Waals surface area contributed by atoms with Crippen molar-refractivity contribution in [2.24, 2.45) is 7.05 Å². The molecular weight excluding hydrogens is 262 g/mol. The van der Waals surface area contributed by atoms with Gasteiger partial charge in [0.2, 0.25) is 0 Å².